The van der Waals surface area contributed by atoms with Crippen LogP contribution in [-0.2, 0) is 6.54 Å². The lowest BCUT2D eigenvalue weighted by atomic mass is 10.00. The molecule has 1 aliphatic heterocycles. The lowest BCUT2D eigenvalue weighted by molar-refractivity contribution is 0.138. The van der Waals surface area contributed by atoms with E-state index >= 15 is 0 Å². The Morgan fingerprint density at radius 3 is 2.90 bits per heavy atom. The highest BCUT2D eigenvalue weighted by molar-refractivity contribution is 7.15. The Hall–Kier alpha value is -1.11. The minimum absolute atomic E-state index is 0.187. The predicted octanol–water partition coefficient (Wildman–Crippen LogP) is 1.65. The van der Waals surface area contributed by atoms with Gasteiger partial charge in [0.1, 0.15) is 0 Å². The molecule has 0 bridgehead atoms. The molecule has 2 aromatic heterocycles. The van der Waals surface area contributed by atoms with E-state index in [1.165, 1.54) is 5.69 Å². The number of nitrogens with one attached hydrogen (secondary N) is 1. The second kappa shape index (κ2) is 5.02. The Morgan fingerprint density at radius 1 is 1.40 bits per heavy atom. The third-order valence-electron chi connectivity index (χ3n) is 4.30. The lowest BCUT2D eigenvalue weighted by Gasteiger charge is -2.45. The molecule has 0 saturated carbocycles. The van der Waals surface area contributed by atoms with E-state index < -0.39 is 0 Å². The molecule has 0 atom stereocenters. The monoisotopic (exact) mass is 293 g/mol. The van der Waals surface area contributed by atoms with E-state index in [1.807, 2.05) is 7.05 Å². The van der Waals surface area contributed by atoms with Gasteiger partial charge < -0.3 is 10.2 Å². The summed E-state index contributed by atoms with van der Waals surface area (Å²) in [5, 5.41) is 5.36. The summed E-state index contributed by atoms with van der Waals surface area (Å²) in [7, 11) is 4.20. The first-order valence-corrected chi connectivity index (χ1v) is 7.96. The molecule has 0 unspecified atom stereocenters. The number of nitrogens with zero attached hydrogens (tertiary/aromatic N) is 4. The van der Waals surface area contributed by atoms with Crippen molar-refractivity contribution >= 4 is 22.1 Å². The average Bonchev–Trinajstić information content (AvgIpc) is 2.96. The summed E-state index contributed by atoms with van der Waals surface area (Å²) in [4.78, 5) is 10.8. The molecule has 0 amide bonds. The second-order valence-electron chi connectivity index (χ2n) is 6.12. The van der Waals surface area contributed by atoms with Gasteiger partial charge in [-0.3, -0.25) is 9.30 Å². The first-order chi connectivity index (χ1) is 9.53. The SMILES string of the molecule is CNCc1c(N2CCN(C)C(C)(C)C2)nc2sccn12. The Morgan fingerprint density at radius 2 is 2.20 bits per heavy atom. The molecular weight excluding hydrogens is 270 g/mol. The Kier molecular flexibility index (Phi) is 3.48. The highest BCUT2D eigenvalue weighted by Gasteiger charge is 2.33. The van der Waals surface area contributed by atoms with Crippen molar-refractivity contribution in [1.82, 2.24) is 19.6 Å². The van der Waals surface area contributed by atoms with Crippen molar-refractivity contribution in [3.8, 4) is 0 Å². The Balaban J connectivity index is 1.97. The van der Waals surface area contributed by atoms with Crippen LogP contribution in [0.4, 0.5) is 5.82 Å². The second-order valence-corrected chi connectivity index (χ2v) is 7.00. The number of likely N-dealkylation sites (N-methyl/N-ethyl adjacent to an activating group) is 1. The van der Waals surface area contributed by atoms with E-state index in [9.17, 15) is 0 Å². The van der Waals surface area contributed by atoms with Crippen molar-refractivity contribution in [2.75, 3.05) is 38.6 Å². The topological polar surface area (TPSA) is 35.8 Å². The van der Waals surface area contributed by atoms with Crippen LogP contribution in [0.3, 0.4) is 0 Å². The number of fused-ring (bicyclic) bond motifs is 1. The molecule has 0 aliphatic carbocycles. The highest BCUT2D eigenvalue weighted by atomic mass is 32.1. The zero-order chi connectivity index (χ0) is 14.3. The van der Waals surface area contributed by atoms with Crippen LogP contribution >= 0.6 is 11.3 Å². The fourth-order valence-corrected chi connectivity index (χ4v) is 3.56. The van der Waals surface area contributed by atoms with Crippen molar-refractivity contribution in [1.29, 1.82) is 0 Å². The average molecular weight is 293 g/mol. The molecule has 0 spiro atoms. The summed E-state index contributed by atoms with van der Waals surface area (Å²) in [6, 6.07) is 0. The van der Waals surface area contributed by atoms with E-state index in [0.29, 0.717) is 0 Å². The van der Waals surface area contributed by atoms with Gasteiger partial charge in [0.25, 0.3) is 0 Å². The van der Waals surface area contributed by atoms with Crippen molar-refractivity contribution in [2.24, 2.45) is 0 Å². The van der Waals surface area contributed by atoms with Gasteiger partial charge in [-0.05, 0) is 27.9 Å². The van der Waals surface area contributed by atoms with E-state index in [4.69, 9.17) is 4.98 Å². The molecule has 3 rings (SSSR count). The number of rotatable bonds is 3. The normalized spacial score (nSPS) is 19.9. The van der Waals surface area contributed by atoms with Crippen LogP contribution in [-0.4, -0.2) is 53.6 Å². The maximum atomic E-state index is 4.85. The summed E-state index contributed by atoms with van der Waals surface area (Å²) >= 11 is 1.70. The molecule has 5 nitrogen and oxygen atoms in total. The van der Waals surface area contributed by atoms with Gasteiger partial charge in [-0.25, -0.2) is 4.98 Å². The van der Waals surface area contributed by atoms with Crippen LogP contribution < -0.4 is 10.2 Å². The molecule has 1 saturated heterocycles. The highest BCUT2D eigenvalue weighted by Crippen LogP contribution is 2.29. The first-order valence-electron chi connectivity index (χ1n) is 7.08. The summed E-state index contributed by atoms with van der Waals surface area (Å²) < 4.78 is 2.21. The standard InChI is InChI=1S/C14H23N5S/c1-14(2)10-18(6-5-17(14)4)12-11(9-15-3)19-7-8-20-13(19)16-12/h7-8,15H,5-6,9-10H2,1-4H3. The van der Waals surface area contributed by atoms with Gasteiger partial charge in [0.05, 0.1) is 5.69 Å². The van der Waals surface area contributed by atoms with Gasteiger partial charge >= 0.3 is 0 Å². The Bertz CT molecular complexity index is 600. The van der Waals surface area contributed by atoms with Crippen LogP contribution in [0.15, 0.2) is 11.6 Å². The molecule has 1 fully saturated rings. The molecule has 3 heterocycles. The summed E-state index contributed by atoms with van der Waals surface area (Å²) in [5.41, 5.74) is 1.45. The number of aromatic nitrogens is 2. The molecule has 1 N–H and O–H groups in total. The van der Waals surface area contributed by atoms with Crippen LogP contribution in [0.1, 0.15) is 19.5 Å². The molecule has 2 aromatic rings. The molecule has 1 aliphatic rings. The molecule has 0 aromatic carbocycles. The maximum Gasteiger partial charge on any atom is 0.195 e. The van der Waals surface area contributed by atoms with Crippen LogP contribution in [0, 0.1) is 0 Å². The van der Waals surface area contributed by atoms with Gasteiger partial charge in [0.15, 0.2) is 10.8 Å². The minimum Gasteiger partial charge on any atom is -0.352 e. The number of hydrogen-bond acceptors (Lipinski definition) is 5. The Labute approximate surface area is 124 Å². The fourth-order valence-electron chi connectivity index (χ4n) is 2.83. The van der Waals surface area contributed by atoms with E-state index in [1.54, 1.807) is 11.3 Å². The molecule has 110 valence electrons. The van der Waals surface area contributed by atoms with Gasteiger partial charge in [-0.1, -0.05) is 0 Å². The quantitative estimate of drug-likeness (QED) is 0.933. The van der Waals surface area contributed by atoms with Gasteiger partial charge in [-0.2, -0.15) is 0 Å². The molecule has 20 heavy (non-hydrogen) atoms. The van der Waals surface area contributed by atoms with Gasteiger partial charge in [0, 0.05) is 43.3 Å². The summed E-state index contributed by atoms with van der Waals surface area (Å²) in [6.07, 6.45) is 2.12. The van der Waals surface area contributed by atoms with Crippen LogP contribution in [0.2, 0.25) is 0 Å². The zero-order valence-corrected chi connectivity index (χ0v) is 13.5. The largest absolute Gasteiger partial charge is 0.352 e. The summed E-state index contributed by atoms with van der Waals surface area (Å²) in [6.45, 7) is 8.59. The fraction of sp³-hybridized carbons (Fsp3) is 0.643. The van der Waals surface area contributed by atoms with Crippen molar-refractivity contribution in [3.05, 3.63) is 17.3 Å². The van der Waals surface area contributed by atoms with E-state index in [-0.39, 0.29) is 5.54 Å². The number of imidazole rings is 1. The maximum absolute atomic E-state index is 4.85. The molecular formula is C14H23N5S. The number of hydrogen-bond donors (Lipinski definition) is 1. The minimum atomic E-state index is 0.187. The predicted molar refractivity (Wildman–Crippen MR) is 84.8 cm³/mol. The number of piperazine rings is 1. The van der Waals surface area contributed by atoms with Crippen molar-refractivity contribution in [3.63, 3.8) is 0 Å². The van der Waals surface area contributed by atoms with E-state index in [0.717, 1.165) is 37.0 Å². The molecule has 0 radical (unpaired) electrons. The smallest absolute Gasteiger partial charge is 0.195 e. The third kappa shape index (κ3) is 2.21. The number of thiazole rings is 1. The zero-order valence-electron chi connectivity index (χ0n) is 12.7. The van der Waals surface area contributed by atoms with Crippen LogP contribution in [0.25, 0.3) is 4.96 Å². The van der Waals surface area contributed by atoms with Crippen molar-refractivity contribution in [2.45, 2.75) is 25.9 Å². The third-order valence-corrected chi connectivity index (χ3v) is 5.06. The first kappa shape index (κ1) is 13.9. The van der Waals surface area contributed by atoms with E-state index in [2.05, 4.69) is 52.0 Å². The van der Waals surface area contributed by atoms with Crippen LogP contribution in [0.5, 0.6) is 0 Å². The van der Waals surface area contributed by atoms with Crippen molar-refractivity contribution < 1.29 is 0 Å². The van der Waals surface area contributed by atoms with Gasteiger partial charge in [0.2, 0.25) is 0 Å². The summed E-state index contributed by atoms with van der Waals surface area (Å²) in [5.74, 6) is 1.15. The van der Waals surface area contributed by atoms with Gasteiger partial charge in [-0.15, -0.1) is 11.3 Å². The number of anilines is 1. The molecule has 6 heteroatoms. The lowest BCUT2D eigenvalue weighted by Crippen LogP contribution is -2.58.